The van der Waals surface area contributed by atoms with Gasteiger partial charge in [0, 0.05) is 62.4 Å². The molecule has 3 aliphatic heterocycles. The Morgan fingerprint density at radius 2 is 1.59 bits per heavy atom. The summed E-state index contributed by atoms with van der Waals surface area (Å²) in [5.41, 5.74) is 5.94. The Kier molecular flexibility index (Phi) is 19.9. The molecule has 4 heterocycles. The summed E-state index contributed by atoms with van der Waals surface area (Å²) in [5, 5.41) is 44.1. The molecule has 0 radical (unpaired) electrons. The molecule has 1 aromatic heterocycles. The molecule has 1 saturated carbocycles. The first-order valence-corrected chi connectivity index (χ1v) is 27.5. The fraction of sp³-hybridized carbons (Fsp3) is 0.612. The molecule has 2 fully saturated rings. The van der Waals surface area contributed by atoms with Crippen LogP contribution in [0.3, 0.4) is 0 Å². The number of benzene rings is 1. The van der Waals surface area contributed by atoms with Crippen LogP contribution in [0.5, 0.6) is 5.75 Å². The number of ether oxygens (including phenoxy) is 1. The van der Waals surface area contributed by atoms with E-state index in [1.165, 1.54) is 30.8 Å². The van der Waals surface area contributed by atoms with Crippen molar-refractivity contribution in [2.75, 3.05) is 44.9 Å². The summed E-state index contributed by atoms with van der Waals surface area (Å²) in [7, 11) is -2.39. The molecule has 24 nitrogen and oxygen atoms in total. The van der Waals surface area contributed by atoms with E-state index >= 15 is 4.21 Å². The van der Waals surface area contributed by atoms with Crippen molar-refractivity contribution in [2.24, 2.45) is 35.3 Å². The number of fused-ring (bicyclic) bond motifs is 5. The van der Waals surface area contributed by atoms with Gasteiger partial charge < -0.3 is 62.3 Å². The lowest BCUT2D eigenvalue weighted by atomic mass is 9.83. The fourth-order valence-electron chi connectivity index (χ4n) is 9.96. The zero-order chi connectivity index (χ0) is 55.0. The van der Waals surface area contributed by atoms with E-state index in [1.807, 2.05) is 0 Å². The molecule has 0 spiro atoms. The molecular formula is C49H66N8O16S2. The van der Waals surface area contributed by atoms with Crippen molar-refractivity contribution in [3.8, 4) is 5.75 Å². The Hall–Kier alpha value is -6.09. The molecule has 410 valence electrons. The lowest BCUT2D eigenvalue weighted by Gasteiger charge is -2.31. The van der Waals surface area contributed by atoms with Gasteiger partial charge in [0.1, 0.15) is 28.6 Å². The number of ketones is 4. The summed E-state index contributed by atoms with van der Waals surface area (Å²) >= 11 is 1.30. The highest BCUT2D eigenvalue weighted by Crippen LogP contribution is 2.34. The number of carbonyl (C=O) groups excluding carboxylic acids is 11. The molecule has 2 aromatic rings. The number of nitrogens with one attached hydrogen (secondary N) is 6. The van der Waals surface area contributed by atoms with Crippen LogP contribution in [-0.2, 0) is 70.0 Å². The van der Waals surface area contributed by atoms with E-state index in [0.717, 1.165) is 4.90 Å². The molecule has 26 heteroatoms. The third kappa shape index (κ3) is 14.0. The van der Waals surface area contributed by atoms with Crippen molar-refractivity contribution in [2.45, 2.75) is 119 Å². The summed E-state index contributed by atoms with van der Waals surface area (Å²) in [6, 6.07) is -1.53. The minimum atomic E-state index is -2.39. The van der Waals surface area contributed by atoms with Crippen LogP contribution in [0, 0.1) is 29.6 Å². The second-order valence-electron chi connectivity index (χ2n) is 19.7. The van der Waals surface area contributed by atoms with Gasteiger partial charge in [-0.25, -0.2) is 0 Å². The van der Waals surface area contributed by atoms with Crippen molar-refractivity contribution < 1.29 is 77.0 Å². The highest BCUT2D eigenvalue weighted by atomic mass is 32.2. The average molecular weight is 1090 g/mol. The van der Waals surface area contributed by atoms with E-state index < -0.39 is 193 Å². The van der Waals surface area contributed by atoms with Crippen molar-refractivity contribution in [3.05, 3.63) is 23.8 Å². The molecular weight excluding hydrogens is 1020 g/mol. The monoisotopic (exact) mass is 1090 g/mol. The van der Waals surface area contributed by atoms with E-state index in [-0.39, 0.29) is 59.3 Å². The molecule has 7 amide bonds. The maximum Gasteiger partial charge on any atom is 0.243 e. The molecule has 6 rings (SSSR count). The van der Waals surface area contributed by atoms with Gasteiger partial charge in [-0.15, -0.1) is 0 Å². The molecule has 2 bridgehead atoms. The van der Waals surface area contributed by atoms with Gasteiger partial charge in [0.2, 0.25) is 41.4 Å². The standard InChI is InChI=1S/C49H66N8O16S2/c1-5-22(2)43-47(70)52-17-41(65)53-33-21-75(72)48-30(27-7-6-26(13-31(27)55-48)73-9-8-28-35(60)16-39(74-4)44(28)67)14-32(46(69)51-18-42(66)56-43)54-45(68)29(23(3)38(63)20-58)15-37(62)34-12-25(59)19-57(34)49(71)24(10-36(33)61)11-40(50)64/h6-7,13,22-25,28-29,32-34,38-39,43,55,58-59,63H,5,8-12,14-21H2,1-4H3,(H2,50,64)(H,51,69)(H,52,70)(H,53,65)(H,54,68)(H,56,66)/t22-,23+,24-,25+,28?,29-,32?,33-,34-,38-,39?,43-,75?/m0/s1. The van der Waals surface area contributed by atoms with Crippen LogP contribution in [0.2, 0.25) is 0 Å². The zero-order valence-electron chi connectivity index (χ0n) is 42.0. The summed E-state index contributed by atoms with van der Waals surface area (Å²) in [4.78, 5) is 156. The maximum absolute atomic E-state index is 15.0. The molecule has 4 aliphatic rings. The van der Waals surface area contributed by atoms with Crippen LogP contribution in [0.25, 0.3) is 10.9 Å². The van der Waals surface area contributed by atoms with E-state index in [1.54, 1.807) is 26.2 Å². The van der Waals surface area contributed by atoms with Crippen LogP contribution in [0.15, 0.2) is 23.2 Å². The Morgan fingerprint density at radius 3 is 2.24 bits per heavy atom. The predicted molar refractivity (Wildman–Crippen MR) is 269 cm³/mol. The van der Waals surface area contributed by atoms with Crippen LogP contribution in [0.1, 0.15) is 71.3 Å². The van der Waals surface area contributed by atoms with Crippen LogP contribution in [0.4, 0.5) is 0 Å². The number of amides is 7. The SMILES string of the molecule is CC[C@H](C)[C@@H]1NC(=O)CNC(=O)C2Cc3c([nH]c4cc(OCCC5C(=O)CC(SC)C5=O)ccc34)S(=O)C[C@H](NC(=O)CNC1=O)C(=O)C[C@@H](CC(N)=O)C(=O)N1C[C@H](O)C[C@H]1C(=O)C[C@@H]([C@@H](C)[C@@H](O)CO)C(=O)N2. The number of aliphatic hydroxyl groups is 3. The number of hydrogen-bond acceptors (Lipinski definition) is 17. The highest BCUT2D eigenvalue weighted by Gasteiger charge is 2.45. The Labute approximate surface area is 438 Å². The van der Waals surface area contributed by atoms with Crippen LogP contribution in [-0.4, -0.2) is 180 Å². The average Bonchev–Trinajstić information content (AvgIpc) is 4.04. The number of carbonyl (C=O) groups is 11. The van der Waals surface area contributed by atoms with Gasteiger partial charge in [-0.05, 0) is 42.2 Å². The summed E-state index contributed by atoms with van der Waals surface area (Å²) in [6.45, 7) is 1.90. The number of Topliss-reactive ketones (excluding diaryl/α,β-unsaturated/α-hetero) is 4. The number of hydrogen-bond donors (Lipinski definition) is 10. The lowest BCUT2D eigenvalue weighted by molar-refractivity contribution is -0.145. The third-order valence-corrected chi connectivity index (χ3v) is 17.0. The molecule has 1 aromatic carbocycles. The number of aromatic amines is 1. The van der Waals surface area contributed by atoms with Gasteiger partial charge in [0.05, 0.1) is 89.7 Å². The minimum absolute atomic E-state index is 0.0452. The zero-order valence-corrected chi connectivity index (χ0v) is 43.7. The van der Waals surface area contributed by atoms with Crippen molar-refractivity contribution in [1.82, 2.24) is 36.5 Å². The number of primary amides is 1. The van der Waals surface area contributed by atoms with Gasteiger partial charge in [-0.1, -0.05) is 27.2 Å². The van der Waals surface area contributed by atoms with Crippen LogP contribution >= 0.6 is 11.8 Å². The largest absolute Gasteiger partial charge is 0.493 e. The Morgan fingerprint density at radius 1 is 0.893 bits per heavy atom. The molecule has 4 unspecified atom stereocenters. The maximum atomic E-state index is 15.0. The molecule has 1 aliphatic carbocycles. The van der Waals surface area contributed by atoms with E-state index in [4.69, 9.17) is 10.5 Å². The van der Waals surface area contributed by atoms with E-state index in [9.17, 15) is 68.1 Å². The second-order valence-corrected chi connectivity index (χ2v) is 22.2. The Bertz CT molecular complexity index is 2610. The highest BCUT2D eigenvalue weighted by molar-refractivity contribution is 8.00. The molecule has 1 saturated heterocycles. The fourth-order valence-corrected chi connectivity index (χ4v) is 12.1. The smallest absolute Gasteiger partial charge is 0.243 e. The number of thioether (sulfide) groups is 1. The summed E-state index contributed by atoms with van der Waals surface area (Å²) in [5.74, 6) is -14.9. The Balaban J connectivity index is 1.51. The van der Waals surface area contributed by atoms with Crippen molar-refractivity contribution >= 4 is 97.9 Å². The van der Waals surface area contributed by atoms with Crippen molar-refractivity contribution in [3.63, 3.8) is 0 Å². The van der Waals surface area contributed by atoms with E-state index in [0.29, 0.717) is 11.8 Å². The van der Waals surface area contributed by atoms with Gasteiger partial charge >= 0.3 is 0 Å². The number of rotatable bonds is 12. The van der Waals surface area contributed by atoms with Crippen molar-refractivity contribution in [1.29, 1.82) is 0 Å². The quantitative estimate of drug-likeness (QED) is 0.0961. The molecule has 75 heavy (non-hydrogen) atoms. The number of H-pyrrole nitrogens is 1. The summed E-state index contributed by atoms with van der Waals surface area (Å²) < 4.78 is 21.0. The normalized spacial score (nSPS) is 29.3. The first kappa shape index (κ1) is 58.2. The number of aromatic nitrogens is 1. The van der Waals surface area contributed by atoms with Gasteiger partial charge in [0.15, 0.2) is 17.3 Å². The van der Waals surface area contributed by atoms with E-state index in [2.05, 4.69) is 31.6 Å². The number of aliphatic hydroxyl groups excluding tert-OH is 3. The van der Waals surface area contributed by atoms with Crippen LogP contribution < -0.4 is 37.1 Å². The topological polar surface area (TPSA) is 380 Å². The molecule has 13 atom stereocenters. The third-order valence-electron chi connectivity index (χ3n) is 14.6. The first-order chi connectivity index (χ1) is 35.5. The summed E-state index contributed by atoms with van der Waals surface area (Å²) in [6.07, 6.45) is -3.72. The molecule has 11 N–H and O–H groups in total. The van der Waals surface area contributed by atoms with Gasteiger partial charge in [0.25, 0.3) is 0 Å². The number of nitrogens with zero attached hydrogens (tertiary/aromatic N) is 1. The second kappa shape index (κ2) is 25.6. The lowest BCUT2D eigenvalue weighted by Crippen LogP contribution is -2.56. The minimum Gasteiger partial charge on any atom is -0.493 e. The first-order valence-electron chi connectivity index (χ1n) is 24.9. The number of nitrogens with two attached hydrogens (primary N) is 1. The van der Waals surface area contributed by atoms with Gasteiger partial charge in [-0.3, -0.25) is 56.9 Å². The van der Waals surface area contributed by atoms with Gasteiger partial charge in [-0.2, -0.15) is 11.8 Å². The predicted octanol–water partition coefficient (Wildman–Crippen LogP) is -2.79.